The first-order valence-corrected chi connectivity index (χ1v) is 11.5. The van der Waals surface area contributed by atoms with E-state index in [-0.39, 0.29) is 0 Å². The predicted molar refractivity (Wildman–Crippen MR) is 137 cm³/mol. The Labute approximate surface area is 201 Å². The topological polar surface area (TPSA) is 43.4 Å². The normalized spacial score (nSPS) is 14.3. The van der Waals surface area contributed by atoms with Gasteiger partial charge < -0.3 is 23.8 Å². The van der Waals surface area contributed by atoms with Crippen LogP contribution in [0.25, 0.3) is 6.08 Å². The van der Waals surface area contributed by atoms with Crippen molar-refractivity contribution in [2.75, 3.05) is 59.0 Å². The van der Waals surface area contributed by atoms with Crippen LogP contribution in [0.2, 0.25) is 0 Å². The molecule has 6 nitrogen and oxygen atoms in total. The van der Waals surface area contributed by atoms with Gasteiger partial charge in [0.05, 0.1) is 21.3 Å². The number of ether oxygens (including phenoxy) is 4. The quantitative estimate of drug-likeness (QED) is 0.429. The first-order valence-electron chi connectivity index (χ1n) is 11.5. The van der Waals surface area contributed by atoms with Gasteiger partial charge in [-0.3, -0.25) is 4.90 Å². The van der Waals surface area contributed by atoms with E-state index in [2.05, 4.69) is 34.1 Å². The summed E-state index contributed by atoms with van der Waals surface area (Å²) in [7, 11) is 4.89. The highest BCUT2D eigenvalue weighted by Gasteiger charge is 2.17. The van der Waals surface area contributed by atoms with Gasteiger partial charge in [-0.15, -0.1) is 0 Å². The molecular weight excluding hydrogens is 428 g/mol. The molecule has 0 unspecified atom stereocenters. The molecule has 0 bridgehead atoms. The van der Waals surface area contributed by atoms with Crippen LogP contribution in [0, 0.1) is 0 Å². The molecule has 0 aromatic heterocycles. The molecule has 178 valence electrons. The van der Waals surface area contributed by atoms with Crippen LogP contribution in [0.3, 0.4) is 0 Å². The Morgan fingerprint density at radius 1 is 0.706 bits per heavy atom. The Bertz CT molecular complexity index is 1080. The van der Waals surface area contributed by atoms with Gasteiger partial charge in [0.2, 0.25) is 5.75 Å². The average molecular weight is 461 g/mol. The Kier molecular flexibility index (Phi) is 7.94. The number of methoxy groups -OCH3 is 3. The van der Waals surface area contributed by atoms with Crippen molar-refractivity contribution >= 4 is 11.8 Å². The van der Waals surface area contributed by atoms with Crippen molar-refractivity contribution in [3.63, 3.8) is 0 Å². The molecule has 34 heavy (non-hydrogen) atoms. The van der Waals surface area contributed by atoms with E-state index in [1.807, 2.05) is 54.6 Å². The van der Waals surface area contributed by atoms with Gasteiger partial charge in [0, 0.05) is 44.0 Å². The molecule has 1 aliphatic rings. The van der Waals surface area contributed by atoms with Crippen LogP contribution in [0.15, 0.2) is 72.8 Å². The van der Waals surface area contributed by atoms with Gasteiger partial charge in [0.1, 0.15) is 11.5 Å². The summed E-state index contributed by atoms with van der Waals surface area (Å²) in [5, 5.41) is 0. The highest BCUT2D eigenvalue weighted by atomic mass is 16.5. The molecule has 1 saturated heterocycles. The molecule has 3 aromatic carbocycles. The second-order valence-electron chi connectivity index (χ2n) is 8.02. The molecule has 0 aliphatic carbocycles. The Balaban J connectivity index is 1.29. The van der Waals surface area contributed by atoms with Gasteiger partial charge in [-0.2, -0.15) is 0 Å². The largest absolute Gasteiger partial charge is 0.493 e. The van der Waals surface area contributed by atoms with Crippen LogP contribution in [0.5, 0.6) is 28.7 Å². The molecule has 0 N–H and O–H groups in total. The third-order valence-corrected chi connectivity index (χ3v) is 5.95. The molecule has 0 radical (unpaired) electrons. The number of anilines is 1. The maximum absolute atomic E-state index is 5.90. The van der Waals surface area contributed by atoms with Crippen LogP contribution in [-0.4, -0.2) is 59.0 Å². The summed E-state index contributed by atoms with van der Waals surface area (Å²) in [6.07, 6.45) is 4.26. The standard InChI is InChI=1S/C28H32N2O4/c1-31-26-16-11-22(27(32-2)28(26)33-3)8-7-17-29-18-20-30(21-19-29)23-12-14-25(15-13-23)34-24-9-5-4-6-10-24/h4-16H,17-21H2,1-3H3. The van der Waals surface area contributed by atoms with E-state index in [4.69, 9.17) is 18.9 Å². The Morgan fingerprint density at radius 2 is 1.38 bits per heavy atom. The summed E-state index contributed by atoms with van der Waals surface area (Å²) in [5.41, 5.74) is 2.20. The third-order valence-electron chi connectivity index (χ3n) is 5.95. The fourth-order valence-electron chi connectivity index (χ4n) is 4.12. The van der Waals surface area contributed by atoms with Crippen molar-refractivity contribution < 1.29 is 18.9 Å². The lowest BCUT2D eigenvalue weighted by Gasteiger charge is -2.35. The van der Waals surface area contributed by atoms with Gasteiger partial charge in [-0.25, -0.2) is 0 Å². The number of piperazine rings is 1. The minimum absolute atomic E-state index is 0.612. The zero-order valence-electron chi connectivity index (χ0n) is 20.1. The predicted octanol–water partition coefficient (Wildman–Crippen LogP) is 5.34. The zero-order chi connectivity index (χ0) is 23.8. The van der Waals surface area contributed by atoms with E-state index in [1.165, 1.54) is 5.69 Å². The number of nitrogens with zero attached hydrogens (tertiary/aromatic N) is 2. The molecule has 0 amide bonds. The van der Waals surface area contributed by atoms with Crippen molar-refractivity contribution in [2.45, 2.75) is 0 Å². The van der Waals surface area contributed by atoms with Crippen LogP contribution in [0.1, 0.15) is 5.56 Å². The van der Waals surface area contributed by atoms with Crippen LogP contribution in [0.4, 0.5) is 5.69 Å². The molecule has 0 spiro atoms. The number of hydrogen-bond donors (Lipinski definition) is 0. The molecule has 1 aliphatic heterocycles. The highest BCUT2D eigenvalue weighted by molar-refractivity contribution is 5.66. The van der Waals surface area contributed by atoms with Crippen molar-refractivity contribution in [2.24, 2.45) is 0 Å². The van der Waals surface area contributed by atoms with E-state index in [0.717, 1.165) is 49.8 Å². The van der Waals surface area contributed by atoms with Crippen LogP contribution < -0.4 is 23.8 Å². The van der Waals surface area contributed by atoms with Crippen molar-refractivity contribution in [3.05, 3.63) is 78.4 Å². The average Bonchev–Trinajstić information content (AvgIpc) is 2.89. The lowest BCUT2D eigenvalue weighted by molar-refractivity contribution is 0.284. The summed E-state index contributed by atoms with van der Waals surface area (Å²) in [5.74, 6) is 3.66. The number of para-hydroxylation sites is 1. The van der Waals surface area contributed by atoms with E-state index in [0.29, 0.717) is 17.2 Å². The van der Waals surface area contributed by atoms with Gasteiger partial charge in [-0.1, -0.05) is 30.4 Å². The van der Waals surface area contributed by atoms with E-state index < -0.39 is 0 Å². The minimum atomic E-state index is 0.612. The summed E-state index contributed by atoms with van der Waals surface area (Å²) in [6, 6.07) is 22.1. The Hall–Kier alpha value is -3.64. The first-order chi connectivity index (χ1) is 16.7. The second-order valence-corrected chi connectivity index (χ2v) is 8.02. The smallest absolute Gasteiger partial charge is 0.203 e. The molecule has 1 fully saturated rings. The van der Waals surface area contributed by atoms with Crippen molar-refractivity contribution in [1.82, 2.24) is 4.90 Å². The number of rotatable bonds is 9. The highest BCUT2D eigenvalue weighted by Crippen LogP contribution is 2.40. The summed E-state index contributed by atoms with van der Waals surface area (Å²) in [6.45, 7) is 4.89. The lowest BCUT2D eigenvalue weighted by atomic mass is 10.1. The van der Waals surface area contributed by atoms with Gasteiger partial charge in [0.25, 0.3) is 0 Å². The molecule has 3 aromatic rings. The summed E-state index contributed by atoms with van der Waals surface area (Å²) < 4.78 is 22.3. The van der Waals surface area contributed by atoms with Crippen molar-refractivity contribution in [1.29, 1.82) is 0 Å². The molecule has 0 atom stereocenters. The SMILES string of the molecule is COc1ccc(C=CCN2CCN(c3ccc(Oc4ccccc4)cc3)CC2)c(OC)c1OC. The Morgan fingerprint density at radius 3 is 2.03 bits per heavy atom. The van der Waals surface area contributed by atoms with Crippen LogP contribution >= 0.6 is 0 Å². The second kappa shape index (κ2) is 11.5. The van der Waals surface area contributed by atoms with Gasteiger partial charge in [-0.05, 0) is 48.5 Å². The maximum atomic E-state index is 5.90. The molecule has 1 heterocycles. The van der Waals surface area contributed by atoms with Gasteiger partial charge in [0.15, 0.2) is 11.5 Å². The van der Waals surface area contributed by atoms with E-state index >= 15 is 0 Å². The zero-order valence-corrected chi connectivity index (χ0v) is 20.1. The van der Waals surface area contributed by atoms with E-state index in [9.17, 15) is 0 Å². The summed E-state index contributed by atoms with van der Waals surface area (Å²) in [4.78, 5) is 4.87. The fourth-order valence-corrected chi connectivity index (χ4v) is 4.12. The molecular formula is C28H32N2O4. The summed E-state index contributed by atoms with van der Waals surface area (Å²) >= 11 is 0. The molecule has 0 saturated carbocycles. The van der Waals surface area contributed by atoms with Crippen LogP contribution in [-0.2, 0) is 0 Å². The molecule has 6 heteroatoms. The van der Waals surface area contributed by atoms with Gasteiger partial charge >= 0.3 is 0 Å². The third kappa shape index (κ3) is 5.64. The lowest BCUT2D eigenvalue weighted by Crippen LogP contribution is -2.46. The monoisotopic (exact) mass is 460 g/mol. The minimum Gasteiger partial charge on any atom is -0.493 e. The fraction of sp³-hybridized carbons (Fsp3) is 0.286. The van der Waals surface area contributed by atoms with E-state index in [1.54, 1.807) is 21.3 Å². The van der Waals surface area contributed by atoms with Crippen molar-refractivity contribution in [3.8, 4) is 28.7 Å². The maximum Gasteiger partial charge on any atom is 0.203 e. The number of benzene rings is 3. The first kappa shape index (κ1) is 23.5. The number of hydrogen-bond acceptors (Lipinski definition) is 6. The molecule has 4 rings (SSSR count).